The normalized spacial score (nSPS) is 18.7. The van der Waals surface area contributed by atoms with Crippen LogP contribution in [0.5, 0.6) is 5.75 Å². The van der Waals surface area contributed by atoms with E-state index in [4.69, 9.17) is 0 Å². The van der Waals surface area contributed by atoms with Crippen LogP contribution in [0.1, 0.15) is 47.2 Å². The first-order chi connectivity index (χ1) is 13.2. The van der Waals surface area contributed by atoms with Gasteiger partial charge in [0, 0.05) is 32.2 Å². The van der Waals surface area contributed by atoms with Gasteiger partial charge in [0.2, 0.25) is 0 Å². The molecule has 1 amide bonds. The lowest BCUT2D eigenvalue weighted by Crippen LogP contribution is -2.51. The van der Waals surface area contributed by atoms with Crippen LogP contribution in [-0.4, -0.2) is 53.0 Å². The zero-order chi connectivity index (χ0) is 18.6. The van der Waals surface area contributed by atoms with Crippen LogP contribution >= 0.6 is 0 Å². The number of carbonyl (C=O) groups excluding carboxylic acids is 1. The molecule has 1 heterocycles. The number of phenolic OH excluding ortho intramolecular Hbond substituents is 1. The molecule has 1 aliphatic heterocycles. The molecule has 0 atom stereocenters. The SMILES string of the molecule is O=C(c1cc(Cc2ccccc2)ccc1O)N1CCN(C2CCCC2)CC1. The van der Waals surface area contributed by atoms with E-state index in [0.29, 0.717) is 11.6 Å². The van der Waals surface area contributed by atoms with Crippen molar-refractivity contribution in [2.24, 2.45) is 0 Å². The van der Waals surface area contributed by atoms with Crippen LogP contribution in [0.3, 0.4) is 0 Å². The van der Waals surface area contributed by atoms with Gasteiger partial charge in [0.15, 0.2) is 0 Å². The first kappa shape index (κ1) is 18.1. The van der Waals surface area contributed by atoms with Crippen LogP contribution in [0.25, 0.3) is 0 Å². The Kier molecular flexibility index (Phi) is 5.44. The van der Waals surface area contributed by atoms with E-state index in [2.05, 4.69) is 17.0 Å². The summed E-state index contributed by atoms with van der Waals surface area (Å²) >= 11 is 0. The fraction of sp³-hybridized carbons (Fsp3) is 0.435. The van der Waals surface area contributed by atoms with Crippen LogP contribution < -0.4 is 0 Å². The smallest absolute Gasteiger partial charge is 0.257 e. The zero-order valence-electron chi connectivity index (χ0n) is 15.8. The molecule has 2 aromatic carbocycles. The molecule has 4 rings (SSSR count). The number of aromatic hydroxyl groups is 1. The van der Waals surface area contributed by atoms with Crippen molar-refractivity contribution in [2.45, 2.75) is 38.1 Å². The van der Waals surface area contributed by atoms with Crippen molar-refractivity contribution in [1.82, 2.24) is 9.80 Å². The number of piperazine rings is 1. The monoisotopic (exact) mass is 364 g/mol. The molecule has 142 valence electrons. The highest BCUT2D eigenvalue weighted by Gasteiger charge is 2.29. The Morgan fingerprint density at radius 1 is 0.926 bits per heavy atom. The molecule has 0 bridgehead atoms. The molecule has 27 heavy (non-hydrogen) atoms. The molecule has 2 aliphatic rings. The van der Waals surface area contributed by atoms with Gasteiger partial charge in [0.1, 0.15) is 5.75 Å². The Hall–Kier alpha value is -2.33. The lowest BCUT2D eigenvalue weighted by atomic mass is 10.0. The molecule has 1 saturated carbocycles. The third-order valence-electron chi connectivity index (χ3n) is 5.99. The molecule has 1 N–H and O–H groups in total. The van der Waals surface area contributed by atoms with E-state index in [-0.39, 0.29) is 11.7 Å². The second kappa shape index (κ2) is 8.13. The van der Waals surface area contributed by atoms with Crippen LogP contribution in [0, 0.1) is 0 Å². The molecule has 1 aliphatic carbocycles. The second-order valence-corrected chi connectivity index (χ2v) is 7.78. The minimum Gasteiger partial charge on any atom is -0.507 e. The summed E-state index contributed by atoms with van der Waals surface area (Å²) in [5.74, 6) is 0.0310. The third-order valence-corrected chi connectivity index (χ3v) is 5.99. The van der Waals surface area contributed by atoms with Gasteiger partial charge < -0.3 is 10.0 Å². The maximum atomic E-state index is 13.0. The number of benzene rings is 2. The molecule has 4 nitrogen and oxygen atoms in total. The van der Waals surface area contributed by atoms with Crippen LogP contribution in [0.4, 0.5) is 0 Å². The molecule has 1 saturated heterocycles. The van der Waals surface area contributed by atoms with E-state index in [0.717, 1.165) is 38.2 Å². The molecule has 0 spiro atoms. The highest BCUT2D eigenvalue weighted by Crippen LogP contribution is 2.26. The van der Waals surface area contributed by atoms with Crippen molar-refractivity contribution >= 4 is 5.91 Å². The van der Waals surface area contributed by atoms with Crippen LogP contribution in [0.2, 0.25) is 0 Å². The lowest BCUT2D eigenvalue weighted by Gasteiger charge is -2.38. The van der Waals surface area contributed by atoms with Crippen molar-refractivity contribution in [3.63, 3.8) is 0 Å². The van der Waals surface area contributed by atoms with Gasteiger partial charge in [-0.3, -0.25) is 9.69 Å². The van der Waals surface area contributed by atoms with Gasteiger partial charge in [-0.1, -0.05) is 49.2 Å². The van der Waals surface area contributed by atoms with Crippen molar-refractivity contribution in [3.8, 4) is 5.75 Å². The number of phenols is 1. The lowest BCUT2D eigenvalue weighted by molar-refractivity contribution is 0.0570. The average molecular weight is 364 g/mol. The molecule has 4 heteroatoms. The van der Waals surface area contributed by atoms with Crippen molar-refractivity contribution in [2.75, 3.05) is 26.2 Å². The molecule has 2 fully saturated rings. The van der Waals surface area contributed by atoms with Gasteiger partial charge in [0.05, 0.1) is 5.56 Å². The molecule has 0 aromatic heterocycles. The highest BCUT2D eigenvalue weighted by molar-refractivity contribution is 5.97. The van der Waals surface area contributed by atoms with E-state index in [9.17, 15) is 9.90 Å². The van der Waals surface area contributed by atoms with Gasteiger partial charge >= 0.3 is 0 Å². The number of hydrogen-bond acceptors (Lipinski definition) is 3. The zero-order valence-corrected chi connectivity index (χ0v) is 15.8. The summed E-state index contributed by atoms with van der Waals surface area (Å²) in [6, 6.07) is 16.3. The van der Waals surface area contributed by atoms with Gasteiger partial charge in [-0.15, -0.1) is 0 Å². The minimum atomic E-state index is -0.0477. The Balaban J connectivity index is 1.43. The Morgan fingerprint density at radius 2 is 1.63 bits per heavy atom. The molecule has 0 radical (unpaired) electrons. The molecular weight excluding hydrogens is 336 g/mol. The third kappa shape index (κ3) is 4.16. The van der Waals surface area contributed by atoms with Gasteiger partial charge in [-0.25, -0.2) is 0 Å². The van der Waals surface area contributed by atoms with Crippen molar-refractivity contribution < 1.29 is 9.90 Å². The van der Waals surface area contributed by atoms with Gasteiger partial charge in [-0.05, 0) is 42.5 Å². The van der Waals surface area contributed by atoms with Crippen LogP contribution in [0.15, 0.2) is 48.5 Å². The summed E-state index contributed by atoms with van der Waals surface area (Å²) < 4.78 is 0. The Morgan fingerprint density at radius 3 is 2.33 bits per heavy atom. The van der Waals surface area contributed by atoms with Gasteiger partial charge in [0.25, 0.3) is 5.91 Å². The minimum absolute atomic E-state index is 0.0477. The molecule has 0 unspecified atom stereocenters. The first-order valence-electron chi connectivity index (χ1n) is 10.1. The average Bonchev–Trinajstić information content (AvgIpc) is 3.25. The second-order valence-electron chi connectivity index (χ2n) is 7.78. The number of rotatable bonds is 4. The number of amides is 1. The number of hydrogen-bond donors (Lipinski definition) is 1. The van der Waals surface area contributed by atoms with E-state index < -0.39 is 0 Å². The van der Waals surface area contributed by atoms with Gasteiger partial charge in [-0.2, -0.15) is 0 Å². The van der Waals surface area contributed by atoms with E-state index in [1.165, 1.54) is 31.2 Å². The standard InChI is InChI=1S/C23H28N2O2/c26-22-11-10-19(16-18-6-2-1-3-7-18)17-21(22)23(27)25-14-12-24(13-15-25)20-8-4-5-9-20/h1-3,6-7,10-11,17,20,26H,4-5,8-9,12-16H2. The summed E-state index contributed by atoms with van der Waals surface area (Å²) in [7, 11) is 0. The quantitative estimate of drug-likeness (QED) is 0.900. The fourth-order valence-corrected chi connectivity index (χ4v) is 4.43. The summed E-state index contributed by atoms with van der Waals surface area (Å²) in [6.45, 7) is 3.39. The topological polar surface area (TPSA) is 43.8 Å². The Bertz CT molecular complexity index is 776. The van der Waals surface area contributed by atoms with Crippen LogP contribution in [-0.2, 0) is 6.42 Å². The summed E-state index contributed by atoms with van der Waals surface area (Å²) in [5.41, 5.74) is 2.68. The predicted molar refractivity (Wildman–Crippen MR) is 107 cm³/mol. The predicted octanol–water partition coefficient (Wildman–Crippen LogP) is 3.68. The van der Waals surface area contributed by atoms with E-state index in [1.807, 2.05) is 35.2 Å². The fourth-order valence-electron chi connectivity index (χ4n) is 4.43. The largest absolute Gasteiger partial charge is 0.507 e. The van der Waals surface area contributed by atoms with Crippen molar-refractivity contribution in [3.05, 3.63) is 65.2 Å². The highest BCUT2D eigenvalue weighted by atomic mass is 16.3. The molecular formula is C23H28N2O2. The first-order valence-corrected chi connectivity index (χ1v) is 10.1. The maximum Gasteiger partial charge on any atom is 0.257 e. The number of nitrogens with zero attached hydrogens (tertiary/aromatic N) is 2. The number of carbonyl (C=O) groups is 1. The van der Waals surface area contributed by atoms with E-state index in [1.54, 1.807) is 6.07 Å². The maximum absolute atomic E-state index is 13.0. The summed E-state index contributed by atoms with van der Waals surface area (Å²) in [6.07, 6.45) is 6.04. The molecule has 2 aromatic rings. The van der Waals surface area contributed by atoms with Crippen molar-refractivity contribution in [1.29, 1.82) is 0 Å². The summed E-state index contributed by atoms with van der Waals surface area (Å²) in [5, 5.41) is 10.3. The Labute approximate surface area is 161 Å². The van der Waals surface area contributed by atoms with E-state index >= 15 is 0 Å². The summed E-state index contributed by atoms with van der Waals surface area (Å²) in [4.78, 5) is 17.4.